The molecule has 2 N–H and O–H groups in total. The number of hydrogen-bond acceptors (Lipinski definition) is 1. The largest absolute Gasteiger partial charge is 0.402 e. The molecule has 3 aliphatic rings. The Hall–Kier alpha value is -0.170. The van der Waals surface area contributed by atoms with Crippen LogP contribution in [0, 0.1) is 23.2 Å². The number of allylic oxidation sites excluding steroid dienone is 2. The van der Waals surface area contributed by atoms with Crippen LogP contribution in [0.5, 0.6) is 0 Å². The molecule has 70 valence electrons. The van der Waals surface area contributed by atoms with Crippen LogP contribution in [-0.4, -0.2) is 0 Å². The van der Waals surface area contributed by atoms with E-state index < -0.39 is 0 Å². The van der Waals surface area contributed by atoms with Gasteiger partial charge in [-0.25, -0.2) is 0 Å². The third kappa shape index (κ3) is 0.990. The summed E-state index contributed by atoms with van der Waals surface area (Å²) < 4.78 is 0. The second-order valence-corrected chi connectivity index (χ2v) is 4.73. The van der Waals surface area contributed by atoms with E-state index in [-0.39, 0.29) is 12.4 Å². The van der Waals surface area contributed by atoms with Gasteiger partial charge >= 0.3 is 0 Å². The van der Waals surface area contributed by atoms with Crippen molar-refractivity contribution in [2.24, 2.45) is 28.9 Å². The predicted octanol–water partition coefficient (Wildman–Crippen LogP) is 2.56. The van der Waals surface area contributed by atoms with Gasteiger partial charge in [0.1, 0.15) is 0 Å². The zero-order chi connectivity index (χ0) is 8.22. The number of halogens is 1. The van der Waals surface area contributed by atoms with Gasteiger partial charge in [0.05, 0.1) is 0 Å². The number of nitrogens with two attached hydrogens (primary N) is 1. The van der Waals surface area contributed by atoms with Crippen LogP contribution in [0.4, 0.5) is 0 Å². The Morgan fingerprint density at radius 2 is 2.08 bits per heavy atom. The molecule has 1 fully saturated rings. The lowest BCUT2D eigenvalue weighted by Crippen LogP contribution is -2.51. The monoisotopic (exact) mass is 187 g/mol. The summed E-state index contributed by atoms with van der Waals surface area (Å²) in [5, 5.41) is 0. The molecule has 3 aliphatic carbocycles. The van der Waals surface area contributed by atoms with Gasteiger partial charge < -0.3 is 5.73 Å². The Kier molecular flexibility index (Phi) is 2.20. The van der Waals surface area contributed by atoms with E-state index in [1.165, 1.54) is 6.42 Å². The predicted molar refractivity (Wildman–Crippen MR) is 54.1 cm³/mol. The van der Waals surface area contributed by atoms with E-state index in [2.05, 4.69) is 26.8 Å². The molecule has 12 heavy (non-hydrogen) atoms. The van der Waals surface area contributed by atoms with Gasteiger partial charge in [-0.15, -0.1) is 12.4 Å². The number of fused-ring (bicyclic) bond motifs is 1. The van der Waals surface area contributed by atoms with Crippen LogP contribution in [0.15, 0.2) is 11.8 Å². The Balaban J connectivity index is 0.000000720. The summed E-state index contributed by atoms with van der Waals surface area (Å²) in [6.07, 6.45) is 3.65. The minimum absolute atomic E-state index is 0. The molecule has 0 aromatic heterocycles. The van der Waals surface area contributed by atoms with E-state index in [4.69, 9.17) is 5.73 Å². The zero-order valence-corrected chi connectivity index (χ0v) is 8.82. The van der Waals surface area contributed by atoms with Crippen LogP contribution >= 0.6 is 12.4 Å². The van der Waals surface area contributed by atoms with Crippen molar-refractivity contribution in [3.05, 3.63) is 11.8 Å². The van der Waals surface area contributed by atoms with E-state index in [0.717, 1.165) is 17.5 Å². The highest BCUT2D eigenvalue weighted by Gasteiger charge is 2.52. The van der Waals surface area contributed by atoms with Crippen LogP contribution in [0.3, 0.4) is 0 Å². The van der Waals surface area contributed by atoms with Crippen molar-refractivity contribution in [1.29, 1.82) is 0 Å². The van der Waals surface area contributed by atoms with Crippen molar-refractivity contribution >= 4 is 12.4 Å². The molecule has 0 amide bonds. The van der Waals surface area contributed by atoms with Gasteiger partial charge in [0, 0.05) is 5.70 Å². The molecule has 2 heteroatoms. The van der Waals surface area contributed by atoms with Crippen LogP contribution in [-0.2, 0) is 0 Å². The molecular formula is C10H18ClN. The van der Waals surface area contributed by atoms with Gasteiger partial charge in [0.25, 0.3) is 0 Å². The summed E-state index contributed by atoms with van der Waals surface area (Å²) in [5.41, 5.74) is 7.54. The van der Waals surface area contributed by atoms with Crippen molar-refractivity contribution in [3.8, 4) is 0 Å². The minimum atomic E-state index is 0. The summed E-state index contributed by atoms with van der Waals surface area (Å²) in [5.74, 6) is 2.23. The van der Waals surface area contributed by atoms with Crippen LogP contribution in [0.2, 0.25) is 0 Å². The average molecular weight is 188 g/mol. The number of hydrogen-bond donors (Lipinski definition) is 1. The van der Waals surface area contributed by atoms with Gasteiger partial charge in [-0.1, -0.05) is 26.8 Å². The quantitative estimate of drug-likeness (QED) is 0.620. The van der Waals surface area contributed by atoms with Crippen molar-refractivity contribution in [3.63, 3.8) is 0 Å². The van der Waals surface area contributed by atoms with Gasteiger partial charge in [-0.2, -0.15) is 0 Å². The molecule has 2 bridgehead atoms. The summed E-state index contributed by atoms with van der Waals surface area (Å²) >= 11 is 0. The molecule has 3 atom stereocenters. The Labute approximate surface area is 80.8 Å². The summed E-state index contributed by atoms with van der Waals surface area (Å²) in [6, 6.07) is 0. The maximum Gasteiger partial charge on any atom is 0.00747 e. The topological polar surface area (TPSA) is 26.0 Å². The zero-order valence-electron chi connectivity index (χ0n) is 8.00. The second-order valence-electron chi connectivity index (χ2n) is 4.73. The number of rotatable bonds is 0. The maximum atomic E-state index is 5.88. The first-order valence-corrected chi connectivity index (χ1v) is 4.50. The third-order valence-electron chi connectivity index (χ3n) is 3.94. The standard InChI is InChI=1S/C10H17N.ClH/c1-6-8-4-7(5-9(6)11)10(8,2)3;/h5-8H,4,11H2,1-3H3;1H/t6-,7+,8-;/m0./s1. The molecule has 0 heterocycles. The average Bonchev–Trinajstić information content (AvgIpc) is 1.93. The molecule has 0 aromatic carbocycles. The lowest BCUT2D eigenvalue weighted by atomic mass is 9.48. The smallest absolute Gasteiger partial charge is 0.00747 e. The fraction of sp³-hybridized carbons (Fsp3) is 0.800. The van der Waals surface area contributed by atoms with Crippen LogP contribution < -0.4 is 5.73 Å². The molecule has 0 radical (unpaired) electrons. The van der Waals surface area contributed by atoms with E-state index in [0.29, 0.717) is 11.3 Å². The van der Waals surface area contributed by atoms with Crippen molar-refractivity contribution in [1.82, 2.24) is 0 Å². The fourth-order valence-electron chi connectivity index (χ4n) is 2.74. The van der Waals surface area contributed by atoms with Gasteiger partial charge in [-0.3, -0.25) is 0 Å². The molecular weight excluding hydrogens is 170 g/mol. The first-order chi connectivity index (χ1) is 5.03. The van der Waals surface area contributed by atoms with E-state index in [1.54, 1.807) is 0 Å². The van der Waals surface area contributed by atoms with Crippen molar-refractivity contribution < 1.29 is 0 Å². The van der Waals surface area contributed by atoms with E-state index >= 15 is 0 Å². The van der Waals surface area contributed by atoms with Gasteiger partial charge in [0.2, 0.25) is 0 Å². The van der Waals surface area contributed by atoms with E-state index in [1.807, 2.05) is 0 Å². The summed E-state index contributed by atoms with van der Waals surface area (Å²) in [7, 11) is 0. The molecule has 1 saturated carbocycles. The van der Waals surface area contributed by atoms with Crippen molar-refractivity contribution in [2.75, 3.05) is 0 Å². The summed E-state index contributed by atoms with van der Waals surface area (Å²) in [6.45, 7) is 6.99. The first kappa shape index (κ1) is 9.91. The van der Waals surface area contributed by atoms with E-state index in [9.17, 15) is 0 Å². The Bertz CT molecular complexity index is 220. The maximum absolute atomic E-state index is 5.88. The molecule has 3 rings (SSSR count). The van der Waals surface area contributed by atoms with Crippen LogP contribution in [0.25, 0.3) is 0 Å². The fourth-order valence-corrected chi connectivity index (χ4v) is 2.74. The molecule has 0 saturated heterocycles. The molecule has 1 nitrogen and oxygen atoms in total. The summed E-state index contributed by atoms with van der Waals surface area (Å²) in [4.78, 5) is 0. The second kappa shape index (κ2) is 2.66. The van der Waals surface area contributed by atoms with Crippen molar-refractivity contribution in [2.45, 2.75) is 27.2 Å². The normalized spacial score (nSPS) is 42.2. The highest BCUT2D eigenvalue weighted by molar-refractivity contribution is 5.85. The Morgan fingerprint density at radius 1 is 1.50 bits per heavy atom. The minimum Gasteiger partial charge on any atom is -0.402 e. The molecule has 0 aromatic rings. The lowest BCUT2D eigenvalue weighted by Gasteiger charge is -2.57. The Morgan fingerprint density at radius 3 is 2.42 bits per heavy atom. The third-order valence-corrected chi connectivity index (χ3v) is 3.94. The first-order valence-electron chi connectivity index (χ1n) is 4.50. The highest BCUT2D eigenvalue weighted by Crippen LogP contribution is 2.59. The van der Waals surface area contributed by atoms with Gasteiger partial charge in [0.15, 0.2) is 0 Å². The van der Waals surface area contributed by atoms with Crippen LogP contribution in [0.1, 0.15) is 27.2 Å². The lowest BCUT2D eigenvalue weighted by molar-refractivity contribution is -0.0315. The SMILES string of the molecule is C[C@@H]1C(N)=C[C@H]2C[C@@H]1C2(C)C.Cl. The molecule has 0 aliphatic heterocycles. The molecule has 0 spiro atoms. The van der Waals surface area contributed by atoms with Gasteiger partial charge in [-0.05, 0) is 29.6 Å². The molecule has 0 unspecified atom stereocenters. The highest BCUT2D eigenvalue weighted by atomic mass is 35.5.